The Kier molecular flexibility index (Phi) is 7.41. The molecule has 2 aromatic carbocycles. The van der Waals surface area contributed by atoms with E-state index in [0.29, 0.717) is 36.2 Å². The van der Waals surface area contributed by atoms with Crippen molar-refractivity contribution in [3.8, 4) is 5.75 Å². The number of anilines is 3. The molecule has 1 aliphatic heterocycles. The molecule has 1 aliphatic carbocycles. The van der Waals surface area contributed by atoms with Crippen LogP contribution in [0.5, 0.6) is 5.75 Å². The van der Waals surface area contributed by atoms with Gasteiger partial charge in [0.05, 0.1) is 7.11 Å². The Bertz CT molecular complexity index is 1350. The molecule has 2 amide bonds. The third-order valence-corrected chi connectivity index (χ3v) is 7.27. The van der Waals surface area contributed by atoms with Crippen molar-refractivity contribution >= 4 is 29.3 Å². The molecule has 0 saturated heterocycles. The van der Waals surface area contributed by atoms with Crippen LogP contribution in [0.1, 0.15) is 57.5 Å². The van der Waals surface area contributed by atoms with E-state index in [0.717, 1.165) is 43.4 Å². The number of carbonyl (C=O) groups is 2. The van der Waals surface area contributed by atoms with Crippen LogP contribution in [0.15, 0.2) is 48.7 Å². The van der Waals surface area contributed by atoms with Crippen molar-refractivity contribution in [1.29, 1.82) is 0 Å². The first kappa shape index (κ1) is 25.5. The van der Waals surface area contributed by atoms with E-state index in [1.165, 1.54) is 11.8 Å². The van der Waals surface area contributed by atoms with Crippen molar-refractivity contribution in [2.75, 3.05) is 24.3 Å². The van der Waals surface area contributed by atoms with Gasteiger partial charge in [0.2, 0.25) is 5.95 Å². The fourth-order valence-corrected chi connectivity index (χ4v) is 5.12. The fourth-order valence-electron chi connectivity index (χ4n) is 5.12. The van der Waals surface area contributed by atoms with Crippen molar-refractivity contribution in [3.05, 3.63) is 70.9 Å². The van der Waals surface area contributed by atoms with Crippen molar-refractivity contribution in [2.24, 2.45) is 11.5 Å². The van der Waals surface area contributed by atoms with Crippen LogP contribution in [0, 0.1) is 0 Å². The lowest BCUT2D eigenvalue weighted by Crippen LogP contribution is -2.43. The van der Waals surface area contributed by atoms with Crippen molar-refractivity contribution in [3.63, 3.8) is 0 Å². The lowest BCUT2D eigenvalue weighted by Gasteiger charge is -2.30. The van der Waals surface area contributed by atoms with Crippen LogP contribution in [-0.2, 0) is 13.0 Å². The van der Waals surface area contributed by atoms with Gasteiger partial charge in [-0.2, -0.15) is 4.98 Å². The number of fused-ring (bicyclic) bond motifs is 1. The zero-order valence-electron chi connectivity index (χ0n) is 21.4. The number of primary amides is 1. The van der Waals surface area contributed by atoms with Crippen LogP contribution < -0.4 is 26.8 Å². The van der Waals surface area contributed by atoms with E-state index in [4.69, 9.17) is 16.2 Å². The van der Waals surface area contributed by atoms with E-state index < -0.39 is 5.91 Å². The molecule has 0 spiro atoms. The minimum Gasteiger partial charge on any atom is -0.497 e. The van der Waals surface area contributed by atoms with Crippen LogP contribution in [-0.4, -0.2) is 52.4 Å². The lowest BCUT2D eigenvalue weighted by molar-refractivity contribution is 0.0734. The van der Waals surface area contributed by atoms with Gasteiger partial charge in [0, 0.05) is 42.6 Å². The molecule has 10 nitrogen and oxygen atoms in total. The van der Waals surface area contributed by atoms with E-state index in [2.05, 4.69) is 20.6 Å². The summed E-state index contributed by atoms with van der Waals surface area (Å²) in [6, 6.07) is 13.2. The number of carbonyl (C=O) groups excluding carboxylic acids is 2. The highest BCUT2D eigenvalue weighted by atomic mass is 16.5. The van der Waals surface area contributed by atoms with E-state index in [1.54, 1.807) is 19.2 Å². The van der Waals surface area contributed by atoms with Gasteiger partial charge < -0.3 is 31.7 Å². The van der Waals surface area contributed by atoms with E-state index in [1.807, 2.05) is 35.2 Å². The number of amides is 2. The summed E-state index contributed by atoms with van der Waals surface area (Å²) < 4.78 is 5.27. The molecule has 0 unspecified atom stereocenters. The van der Waals surface area contributed by atoms with Crippen molar-refractivity contribution in [2.45, 2.75) is 50.7 Å². The SMILES string of the molecule is COc1cccc(C(=O)N2CCc3ccc(Nc4nc(N[C@@H]5CCCC[C@@H]5N)ncc4C(N)=O)cc3C2)c1. The molecule has 1 saturated carbocycles. The standard InChI is InChI=1S/C28H33N7O3/c1-38-21-6-4-5-18(14-21)27(37)35-12-11-17-9-10-20(13-19(17)16-35)32-26-22(25(30)36)15-31-28(34-26)33-24-8-3-2-7-23(24)29/h4-6,9-10,13-15,23-24H,2-3,7-8,11-12,16,29H2,1H3,(H2,30,36)(H2,31,32,33,34)/t23-,24+/m0/s1. The number of hydrogen-bond donors (Lipinski definition) is 4. The number of rotatable bonds is 7. The number of aromatic nitrogens is 2. The number of hydrogen-bond acceptors (Lipinski definition) is 8. The van der Waals surface area contributed by atoms with Gasteiger partial charge in [-0.3, -0.25) is 9.59 Å². The topological polar surface area (TPSA) is 148 Å². The second kappa shape index (κ2) is 11.1. The minimum absolute atomic E-state index is 0.0304. The zero-order valence-corrected chi connectivity index (χ0v) is 21.4. The van der Waals surface area contributed by atoms with E-state index in [9.17, 15) is 9.59 Å². The van der Waals surface area contributed by atoms with Crippen LogP contribution in [0.25, 0.3) is 0 Å². The van der Waals surface area contributed by atoms with Gasteiger partial charge in [-0.25, -0.2) is 4.98 Å². The van der Waals surface area contributed by atoms with Crippen LogP contribution in [0.3, 0.4) is 0 Å². The van der Waals surface area contributed by atoms with Gasteiger partial charge in [0.1, 0.15) is 17.1 Å². The summed E-state index contributed by atoms with van der Waals surface area (Å²) in [5.41, 5.74) is 15.6. The smallest absolute Gasteiger partial charge is 0.254 e. The molecule has 0 bridgehead atoms. The third kappa shape index (κ3) is 5.55. The summed E-state index contributed by atoms with van der Waals surface area (Å²) in [7, 11) is 1.58. The van der Waals surface area contributed by atoms with Crippen LogP contribution in [0.4, 0.5) is 17.5 Å². The zero-order chi connectivity index (χ0) is 26.6. The molecule has 1 fully saturated rings. The van der Waals surface area contributed by atoms with Crippen molar-refractivity contribution < 1.29 is 14.3 Å². The second-order valence-electron chi connectivity index (χ2n) is 9.84. The minimum atomic E-state index is -0.624. The number of ether oxygens (including phenoxy) is 1. The summed E-state index contributed by atoms with van der Waals surface area (Å²) in [6.45, 7) is 1.10. The summed E-state index contributed by atoms with van der Waals surface area (Å²) in [5.74, 6) is 0.694. The number of methoxy groups -OCH3 is 1. The Morgan fingerprint density at radius 1 is 1.11 bits per heavy atom. The average Bonchev–Trinajstić information content (AvgIpc) is 2.93. The highest BCUT2D eigenvalue weighted by Crippen LogP contribution is 2.28. The van der Waals surface area contributed by atoms with Gasteiger partial charge in [-0.1, -0.05) is 25.0 Å². The predicted molar refractivity (Wildman–Crippen MR) is 146 cm³/mol. The first-order valence-corrected chi connectivity index (χ1v) is 12.9. The highest BCUT2D eigenvalue weighted by Gasteiger charge is 2.24. The molecule has 5 rings (SSSR count). The highest BCUT2D eigenvalue weighted by molar-refractivity contribution is 5.98. The number of nitrogens with two attached hydrogens (primary N) is 2. The van der Waals surface area contributed by atoms with Gasteiger partial charge in [0.25, 0.3) is 11.8 Å². The summed E-state index contributed by atoms with van der Waals surface area (Å²) in [6.07, 6.45) is 6.30. The lowest BCUT2D eigenvalue weighted by atomic mass is 9.91. The maximum absolute atomic E-state index is 13.2. The maximum Gasteiger partial charge on any atom is 0.254 e. The van der Waals surface area contributed by atoms with Gasteiger partial charge >= 0.3 is 0 Å². The summed E-state index contributed by atoms with van der Waals surface area (Å²) in [5, 5.41) is 6.56. The number of nitrogens with zero attached hydrogens (tertiary/aromatic N) is 3. The Labute approximate surface area is 221 Å². The van der Waals surface area contributed by atoms with Crippen LogP contribution in [0.2, 0.25) is 0 Å². The largest absolute Gasteiger partial charge is 0.497 e. The Morgan fingerprint density at radius 3 is 2.74 bits per heavy atom. The third-order valence-electron chi connectivity index (χ3n) is 7.27. The normalized spacial score (nSPS) is 18.8. The molecule has 0 radical (unpaired) electrons. The summed E-state index contributed by atoms with van der Waals surface area (Å²) >= 11 is 0. The quantitative estimate of drug-likeness (QED) is 0.375. The molecule has 2 aliphatic rings. The van der Waals surface area contributed by atoms with Crippen LogP contribution >= 0.6 is 0 Å². The second-order valence-corrected chi connectivity index (χ2v) is 9.84. The van der Waals surface area contributed by atoms with E-state index in [-0.39, 0.29) is 23.6 Å². The maximum atomic E-state index is 13.2. The molecule has 38 heavy (non-hydrogen) atoms. The molecular weight excluding hydrogens is 482 g/mol. The molecule has 3 aromatic rings. The monoisotopic (exact) mass is 515 g/mol. The molecule has 1 aromatic heterocycles. The summed E-state index contributed by atoms with van der Waals surface area (Å²) in [4.78, 5) is 36.0. The molecule has 2 atom stereocenters. The Balaban J connectivity index is 1.35. The molecular formula is C28H33N7O3. The van der Waals surface area contributed by atoms with Gasteiger partial charge in [-0.05, 0) is 60.7 Å². The Hall–Kier alpha value is -4.18. The molecule has 2 heterocycles. The molecule has 10 heteroatoms. The molecule has 6 N–H and O–H groups in total. The predicted octanol–water partition coefficient (Wildman–Crippen LogP) is 3.21. The number of nitrogens with one attached hydrogen (secondary N) is 2. The fraction of sp³-hybridized carbons (Fsp3) is 0.357. The first-order chi connectivity index (χ1) is 18.4. The van der Waals surface area contributed by atoms with Gasteiger partial charge in [-0.15, -0.1) is 0 Å². The average molecular weight is 516 g/mol. The van der Waals surface area contributed by atoms with Gasteiger partial charge in [0.15, 0.2) is 0 Å². The van der Waals surface area contributed by atoms with E-state index >= 15 is 0 Å². The first-order valence-electron chi connectivity index (χ1n) is 12.9. The van der Waals surface area contributed by atoms with Crippen molar-refractivity contribution in [1.82, 2.24) is 14.9 Å². The Morgan fingerprint density at radius 2 is 1.95 bits per heavy atom. The number of benzene rings is 2. The molecule has 198 valence electrons.